The molecule has 0 spiro atoms. The fourth-order valence-corrected chi connectivity index (χ4v) is 6.63. The van der Waals surface area contributed by atoms with Gasteiger partial charge >= 0.3 is 0 Å². The average molecular weight is 840 g/mol. The van der Waals surface area contributed by atoms with Gasteiger partial charge in [0.2, 0.25) is 5.91 Å². The number of pyridine rings is 1. The molecule has 3 amide bonds. The van der Waals surface area contributed by atoms with Crippen molar-refractivity contribution in [3.05, 3.63) is 113 Å². The third-order valence-corrected chi connectivity index (χ3v) is 10.1. The van der Waals surface area contributed by atoms with E-state index in [0.717, 1.165) is 18.8 Å². The molecule has 0 fully saturated rings. The van der Waals surface area contributed by atoms with Crippen LogP contribution < -0.4 is 21.7 Å². The molecular formula is C48H69N7O6. The summed E-state index contributed by atoms with van der Waals surface area (Å²) in [5.74, 6) is -1.14. The van der Waals surface area contributed by atoms with Crippen molar-refractivity contribution in [1.29, 1.82) is 0 Å². The Labute approximate surface area is 363 Å². The molecule has 0 bridgehead atoms. The molecule has 0 saturated heterocycles. The molecule has 13 nitrogen and oxygen atoms in total. The molecule has 0 saturated carbocycles. The van der Waals surface area contributed by atoms with Crippen LogP contribution in [0.25, 0.3) is 11.3 Å². The first-order chi connectivity index (χ1) is 29.6. The van der Waals surface area contributed by atoms with E-state index >= 15 is 0 Å². The first-order valence-electron chi connectivity index (χ1n) is 21.7. The Morgan fingerprint density at radius 2 is 1.33 bits per heavy atom. The predicted octanol–water partition coefficient (Wildman–Crippen LogP) is 6.55. The summed E-state index contributed by atoms with van der Waals surface area (Å²) in [7, 11) is 3.71. The van der Waals surface area contributed by atoms with Crippen molar-refractivity contribution in [3.8, 4) is 11.3 Å². The zero-order chi connectivity index (χ0) is 44.4. The molecule has 3 aromatic carbocycles. The molecular weight excluding hydrogens is 771 g/mol. The number of nitrogens with two attached hydrogens (primary N) is 2. The Bertz CT molecular complexity index is 1900. The van der Waals surface area contributed by atoms with E-state index in [9.17, 15) is 14.4 Å². The van der Waals surface area contributed by atoms with E-state index in [1.165, 1.54) is 31.9 Å². The number of hydrogen-bond acceptors (Lipinski definition) is 10. The number of carbonyl (C=O) groups excluding carboxylic acids is 3. The van der Waals surface area contributed by atoms with Crippen LogP contribution in [0.2, 0.25) is 0 Å². The highest BCUT2D eigenvalue weighted by molar-refractivity contribution is 6.08. The summed E-state index contributed by atoms with van der Waals surface area (Å²) in [5, 5.41) is 2.98. The summed E-state index contributed by atoms with van der Waals surface area (Å²) in [6, 6.07) is 24.3. The lowest BCUT2D eigenvalue weighted by molar-refractivity contribution is 0.0127. The Morgan fingerprint density at radius 3 is 1.95 bits per heavy atom. The number of benzene rings is 3. The number of anilines is 2. The molecule has 4 aromatic rings. The van der Waals surface area contributed by atoms with Gasteiger partial charge in [0.25, 0.3) is 11.8 Å². The van der Waals surface area contributed by atoms with Crippen molar-refractivity contribution in [1.82, 2.24) is 14.8 Å². The standard InChI is InChI=1S/C36H51N7O6.C10H12.C2H6/c1-5-43(6-2)30-10-11-32(31(26-30)33-25-27(34(38)44)12-14-39-33)40-35(45)28-8-7-9-29(24-28)36(46)42(4)16-15-41(3)17-19-48-21-23-49-22-20-47-18-13-37;1-2-6-10-8-4-3-7-9(10)5-1;1-2/h7-12,14,24-26H,5-6,13,15-23,37H2,1-4H3,(H2,38,44)(H,40,45);1-2,5-6H,3-4,7-8H2;1-2H3. The molecule has 1 aliphatic carbocycles. The van der Waals surface area contributed by atoms with Gasteiger partial charge in [0.1, 0.15) is 0 Å². The molecule has 332 valence electrons. The Hall–Kier alpha value is -5.18. The number of fused-ring (bicyclic) bond motifs is 1. The van der Waals surface area contributed by atoms with E-state index in [2.05, 4.69) is 58.2 Å². The van der Waals surface area contributed by atoms with Gasteiger partial charge in [-0.05, 0) is 106 Å². The van der Waals surface area contributed by atoms with Crippen LogP contribution >= 0.6 is 0 Å². The highest BCUT2D eigenvalue weighted by atomic mass is 16.5. The zero-order valence-electron chi connectivity index (χ0n) is 37.3. The maximum absolute atomic E-state index is 13.5. The molecule has 0 unspecified atom stereocenters. The van der Waals surface area contributed by atoms with Crippen molar-refractivity contribution < 1.29 is 28.6 Å². The van der Waals surface area contributed by atoms with Gasteiger partial charge in [0.15, 0.2) is 0 Å². The fraction of sp³-hybridized carbons (Fsp3) is 0.458. The first-order valence-corrected chi connectivity index (χ1v) is 21.7. The summed E-state index contributed by atoms with van der Waals surface area (Å²) >= 11 is 0. The highest BCUT2D eigenvalue weighted by Crippen LogP contribution is 2.32. The molecule has 5 N–H and O–H groups in total. The molecule has 61 heavy (non-hydrogen) atoms. The van der Waals surface area contributed by atoms with Crippen LogP contribution in [0.3, 0.4) is 0 Å². The summed E-state index contributed by atoms with van der Waals surface area (Å²) in [6.45, 7) is 15.2. The SMILES string of the molecule is CC.CCN(CC)c1ccc(NC(=O)c2cccc(C(=O)N(C)CCN(C)CCOCCOCCOCCN)c2)c(-c2cc(C(N)=O)ccn2)c1.c1ccc2c(c1)CCCC2. The molecule has 13 heteroatoms. The lowest BCUT2D eigenvalue weighted by Crippen LogP contribution is -2.36. The highest BCUT2D eigenvalue weighted by Gasteiger charge is 2.18. The van der Waals surface area contributed by atoms with Crippen LogP contribution in [0.15, 0.2) is 85.1 Å². The molecule has 5 rings (SSSR count). The molecule has 0 radical (unpaired) electrons. The normalized spacial score (nSPS) is 11.7. The molecule has 0 atom stereocenters. The Morgan fingerprint density at radius 1 is 0.705 bits per heavy atom. The molecule has 1 heterocycles. The predicted molar refractivity (Wildman–Crippen MR) is 247 cm³/mol. The molecule has 1 aliphatic rings. The van der Waals surface area contributed by atoms with Gasteiger partial charge in [-0.3, -0.25) is 19.4 Å². The number of aromatic nitrogens is 1. The number of aryl methyl sites for hydroxylation is 2. The van der Waals surface area contributed by atoms with Crippen LogP contribution in [0.5, 0.6) is 0 Å². The van der Waals surface area contributed by atoms with Crippen molar-refractivity contribution in [2.45, 2.75) is 53.4 Å². The number of rotatable bonds is 22. The summed E-state index contributed by atoms with van der Waals surface area (Å²) in [6.07, 6.45) is 6.89. The number of nitrogens with zero attached hydrogens (tertiary/aromatic N) is 4. The van der Waals surface area contributed by atoms with Gasteiger partial charge < -0.3 is 45.7 Å². The van der Waals surface area contributed by atoms with Gasteiger partial charge in [-0.15, -0.1) is 0 Å². The summed E-state index contributed by atoms with van der Waals surface area (Å²) < 4.78 is 16.3. The lowest BCUT2D eigenvalue weighted by Gasteiger charge is -2.23. The maximum atomic E-state index is 13.5. The van der Waals surface area contributed by atoms with Crippen LogP contribution in [-0.2, 0) is 27.1 Å². The van der Waals surface area contributed by atoms with Crippen molar-refractivity contribution in [3.63, 3.8) is 0 Å². The number of nitrogens with one attached hydrogen (secondary N) is 1. The van der Waals surface area contributed by atoms with Gasteiger partial charge in [-0.25, -0.2) is 0 Å². The Kier molecular flexibility index (Phi) is 23.3. The molecule has 1 aromatic heterocycles. The second-order valence-electron chi connectivity index (χ2n) is 14.4. The van der Waals surface area contributed by atoms with Crippen molar-refractivity contribution in [2.24, 2.45) is 11.5 Å². The van der Waals surface area contributed by atoms with Gasteiger partial charge in [0, 0.05) is 80.5 Å². The van der Waals surface area contributed by atoms with Crippen LogP contribution in [0.1, 0.15) is 82.7 Å². The maximum Gasteiger partial charge on any atom is 0.255 e. The zero-order valence-corrected chi connectivity index (χ0v) is 37.3. The monoisotopic (exact) mass is 840 g/mol. The average Bonchev–Trinajstić information content (AvgIpc) is 3.30. The topological polar surface area (TPSA) is 166 Å². The second-order valence-corrected chi connectivity index (χ2v) is 14.4. The van der Waals surface area contributed by atoms with E-state index in [-0.39, 0.29) is 11.8 Å². The van der Waals surface area contributed by atoms with Crippen LogP contribution in [0, 0.1) is 0 Å². The minimum absolute atomic E-state index is 0.191. The van der Waals surface area contributed by atoms with Gasteiger partial charge in [-0.2, -0.15) is 0 Å². The number of carbonyl (C=O) groups is 3. The third kappa shape index (κ3) is 17.0. The van der Waals surface area contributed by atoms with Crippen LogP contribution in [0.4, 0.5) is 11.4 Å². The van der Waals surface area contributed by atoms with E-state index in [1.54, 1.807) is 59.5 Å². The second kappa shape index (κ2) is 28.4. The van der Waals surface area contributed by atoms with Crippen LogP contribution in [-0.4, -0.2) is 126 Å². The van der Waals surface area contributed by atoms with Gasteiger partial charge in [0.05, 0.1) is 51.0 Å². The number of amides is 3. The largest absolute Gasteiger partial charge is 0.378 e. The minimum Gasteiger partial charge on any atom is -0.378 e. The summed E-state index contributed by atoms with van der Waals surface area (Å²) in [4.78, 5) is 49.1. The number of ether oxygens (including phenoxy) is 3. The van der Waals surface area contributed by atoms with E-state index in [1.807, 2.05) is 39.1 Å². The first kappa shape index (κ1) is 50.2. The molecule has 0 aliphatic heterocycles. The van der Waals surface area contributed by atoms with E-state index in [4.69, 9.17) is 25.7 Å². The van der Waals surface area contributed by atoms with Crippen molar-refractivity contribution >= 4 is 29.1 Å². The quantitative estimate of drug-likeness (QED) is 0.0740. The number of hydrogen-bond donors (Lipinski definition) is 3. The lowest BCUT2D eigenvalue weighted by atomic mass is 9.92. The number of primary amides is 1. The van der Waals surface area contributed by atoms with Gasteiger partial charge in [-0.1, -0.05) is 44.2 Å². The fourth-order valence-electron chi connectivity index (χ4n) is 6.63. The van der Waals surface area contributed by atoms with Crippen molar-refractivity contribution in [2.75, 3.05) is 103 Å². The minimum atomic E-state index is -0.570. The van der Waals surface area contributed by atoms with E-state index in [0.29, 0.717) is 99.5 Å². The third-order valence-electron chi connectivity index (χ3n) is 10.1. The smallest absolute Gasteiger partial charge is 0.255 e. The van der Waals surface area contributed by atoms with E-state index < -0.39 is 5.91 Å². The number of likely N-dealkylation sites (N-methyl/N-ethyl adjacent to an activating group) is 2. The Balaban J connectivity index is 0.000000706. The summed E-state index contributed by atoms with van der Waals surface area (Å²) in [5.41, 5.74) is 17.7.